The van der Waals surface area contributed by atoms with Gasteiger partial charge in [-0.2, -0.15) is 0 Å². The number of nitrogens with one attached hydrogen (secondary N) is 1. The Bertz CT molecular complexity index is 3080. The lowest BCUT2D eigenvalue weighted by atomic mass is 9.33. The lowest BCUT2D eigenvalue weighted by Crippen LogP contribution is -2.69. The van der Waals surface area contributed by atoms with Crippen LogP contribution in [0, 0.1) is 50.2 Å². The topological polar surface area (TPSA) is 560 Å². The van der Waals surface area contributed by atoms with Gasteiger partial charge in [0.15, 0.2) is 43.8 Å². The van der Waals surface area contributed by atoms with Crippen molar-refractivity contribution in [3.05, 3.63) is 11.6 Å². The Morgan fingerprint density at radius 2 is 1.14 bits per heavy atom. The van der Waals surface area contributed by atoms with Crippen molar-refractivity contribution in [1.29, 1.82) is 0 Å². The van der Waals surface area contributed by atoms with Crippen molar-refractivity contribution >= 4 is 11.9 Å². The molecule has 20 N–H and O–H groups in total. The number of ether oxygens (including phenoxy) is 14. The Balaban J connectivity index is 0.777. The van der Waals surface area contributed by atoms with Crippen LogP contribution in [0.3, 0.4) is 0 Å². The summed E-state index contributed by atoms with van der Waals surface area (Å²) in [5.41, 5.74) is -7.76. The number of rotatable bonds is 20. The quantitative estimate of drug-likeness (QED) is 0.0306. The van der Waals surface area contributed by atoms with Gasteiger partial charge in [-0.15, -0.1) is 0 Å². The SMILES string of the molecule is CC(=O)N[C@H]1[C@H](O[C@H]2CC[C@]3(C)[C@H]4CC=C5[C@@H]6CC(C)(C)CC[C@]6(C(=O)O[C@@H]6O[C@H](CO)[C@@H](O)[C@H](O)[C@H]6O[C@@H]6OC[C@](O)(CO[C@@H]7OC[C@](O)(CO)[C@H]7O)[C@H]6O)[C@H](O)C[C@@]5(C)[C@]4(C)CC[C@H]3C2(C)C)O[C@H](CO[C@@H]2OC[C@H](O)[C@H](O[C@@H]3OC[C@@H](O)[C@H](O)[C@H]3O)[C@H]2O)[C@@H](O[C@@H]2O[C@H](CO)[C@@H](O)[C@H](O)[C@H]2O)[C@@H]1O. The van der Waals surface area contributed by atoms with Crippen LogP contribution in [0.4, 0.5) is 0 Å². The molecule has 12 aliphatic rings. The second-order valence-electron chi connectivity index (χ2n) is 34.1. The van der Waals surface area contributed by atoms with Crippen LogP contribution in [0.15, 0.2) is 11.6 Å². The zero-order valence-electron chi connectivity index (χ0n) is 60.8. The first kappa shape index (κ1) is 82.8. The van der Waals surface area contributed by atoms with Gasteiger partial charge < -0.3 is 169 Å². The van der Waals surface area contributed by atoms with Crippen LogP contribution < -0.4 is 5.32 Å². The van der Waals surface area contributed by atoms with Crippen molar-refractivity contribution in [2.24, 2.45) is 50.2 Å². The molecule has 7 heterocycles. The normalized spacial score (nSPS) is 52.8. The van der Waals surface area contributed by atoms with Crippen LogP contribution in [-0.2, 0) is 75.9 Å². The summed E-state index contributed by atoms with van der Waals surface area (Å²) in [5.74, 6) is -2.28. The third kappa shape index (κ3) is 14.4. The minimum atomic E-state index is -2.27. The van der Waals surface area contributed by atoms with E-state index < -0.39 is 294 Å². The highest BCUT2D eigenvalue weighted by molar-refractivity contribution is 5.80. The summed E-state index contributed by atoms with van der Waals surface area (Å²) in [7, 11) is 0. The predicted molar refractivity (Wildman–Crippen MR) is 350 cm³/mol. The Labute approximate surface area is 612 Å². The van der Waals surface area contributed by atoms with E-state index in [4.69, 9.17) is 66.3 Å². The second kappa shape index (κ2) is 31.0. The Kier molecular flexibility index (Phi) is 24.2. The van der Waals surface area contributed by atoms with Crippen LogP contribution in [0.5, 0.6) is 0 Å². The zero-order chi connectivity index (χ0) is 77.2. The van der Waals surface area contributed by atoms with Crippen LogP contribution in [0.1, 0.15) is 113 Å². The molecule has 36 heteroatoms. The fourth-order valence-corrected chi connectivity index (χ4v) is 20.2. The fraction of sp³-hybridized carbons (Fsp3) is 0.943. The predicted octanol–water partition coefficient (Wildman–Crippen LogP) is -6.89. The molecule has 7 aliphatic heterocycles. The summed E-state index contributed by atoms with van der Waals surface area (Å²) in [6, 6.07) is -1.44. The molecule has 0 unspecified atom stereocenters. The van der Waals surface area contributed by atoms with Crippen molar-refractivity contribution in [3.63, 3.8) is 0 Å². The molecule has 36 nitrogen and oxygen atoms in total. The Morgan fingerprint density at radius 3 is 1.81 bits per heavy atom. The van der Waals surface area contributed by atoms with E-state index in [1.807, 2.05) is 0 Å². The molecule has 0 radical (unpaired) electrons. The first-order chi connectivity index (χ1) is 49.7. The lowest BCUT2D eigenvalue weighted by Gasteiger charge is -2.72. The monoisotopic (exact) mass is 1530 g/mol. The van der Waals surface area contributed by atoms with Gasteiger partial charge in [0.05, 0.1) is 71.7 Å². The highest BCUT2D eigenvalue weighted by Crippen LogP contribution is 2.76. The van der Waals surface area contributed by atoms with Gasteiger partial charge in [0.1, 0.15) is 133 Å². The maximum Gasteiger partial charge on any atom is 0.317 e. The Morgan fingerprint density at radius 1 is 0.538 bits per heavy atom. The molecule has 12 rings (SSSR count). The van der Waals surface area contributed by atoms with E-state index in [1.54, 1.807) is 0 Å². The molecule has 11 fully saturated rings. The molecule has 106 heavy (non-hydrogen) atoms. The standard InChI is InChI=1S/C70H113NO35/c1-28(75)71-40-44(82)51(104-58-48(86)45(83)42(80)33(19-72)99-58)35(23-95-56-49(87)50(32(77)22-93-56)103-57-47(85)41(79)31(76)21-94-57)101-55(40)102-39-12-13-65(6)36(64(39,4)5)11-14-66(7)37(65)10-9-29-30-17-63(2,3)15-16-70(30,38(78)18-67(29,66)8)62(90)106-59-52(46(84)43(81)34(20-73)100-59)105-61-54(89)69(92,27-98-61)26-97-60-53(88)68(91,24-74)25-96-60/h9,30-61,72-74,76-89,91-92H,10-27H2,1-8H3,(H,71,75)/t30-,31+,32-,33+,34+,35+,36-,37+,38+,39-,40+,41-,42+,43+,44+,45-,46-,47+,48+,49+,50-,51+,52+,53-,54-,55-,56-,57-,58-,59-,60-,61-,65-,66+,67+,68+,69+,70+/m0/s1. The highest BCUT2D eigenvalue weighted by Gasteiger charge is 2.73. The van der Waals surface area contributed by atoms with E-state index in [2.05, 4.69) is 59.9 Å². The van der Waals surface area contributed by atoms with E-state index in [1.165, 1.54) is 6.92 Å². The highest BCUT2D eigenvalue weighted by atomic mass is 16.8. The van der Waals surface area contributed by atoms with Gasteiger partial charge in [-0.25, -0.2) is 0 Å². The zero-order valence-corrected chi connectivity index (χ0v) is 60.8. The minimum absolute atomic E-state index is 0.0379. The molecular formula is C70H113NO35. The van der Waals surface area contributed by atoms with Gasteiger partial charge in [-0.1, -0.05) is 60.1 Å². The summed E-state index contributed by atoms with van der Waals surface area (Å²) in [4.78, 5) is 28.9. The summed E-state index contributed by atoms with van der Waals surface area (Å²) in [6.45, 7) is 10.2. The molecule has 1 amide bonds. The molecule has 0 aromatic carbocycles. The first-order valence-corrected chi connectivity index (χ1v) is 37.0. The number of hydrogen-bond donors (Lipinski definition) is 20. The van der Waals surface area contributed by atoms with Gasteiger partial charge in [-0.05, 0) is 103 Å². The van der Waals surface area contributed by atoms with Gasteiger partial charge in [0, 0.05) is 6.92 Å². The smallest absolute Gasteiger partial charge is 0.317 e. The van der Waals surface area contributed by atoms with E-state index in [0.717, 1.165) is 5.57 Å². The van der Waals surface area contributed by atoms with Gasteiger partial charge in [0.2, 0.25) is 12.2 Å². The van der Waals surface area contributed by atoms with Crippen molar-refractivity contribution in [3.8, 4) is 0 Å². The molecule has 5 aliphatic carbocycles. The van der Waals surface area contributed by atoms with Crippen LogP contribution >= 0.6 is 0 Å². The molecular weight excluding hydrogens is 1410 g/mol. The van der Waals surface area contributed by atoms with Crippen molar-refractivity contribution in [1.82, 2.24) is 5.32 Å². The average Bonchev–Trinajstić information content (AvgIpc) is 0.739. The third-order valence-corrected chi connectivity index (χ3v) is 26.8. The van der Waals surface area contributed by atoms with Crippen LogP contribution in [0.25, 0.3) is 0 Å². The first-order valence-electron chi connectivity index (χ1n) is 37.0. The van der Waals surface area contributed by atoms with E-state index in [-0.39, 0.29) is 30.1 Å². The molecule has 0 aromatic heterocycles. The number of esters is 1. The van der Waals surface area contributed by atoms with Crippen LogP contribution in [0.2, 0.25) is 0 Å². The summed E-state index contributed by atoms with van der Waals surface area (Å²) in [5, 5.41) is 212. The van der Waals surface area contributed by atoms with Crippen molar-refractivity contribution < 1.29 is 173 Å². The summed E-state index contributed by atoms with van der Waals surface area (Å²) < 4.78 is 83.5. The number of hydrogen-bond acceptors (Lipinski definition) is 35. The van der Waals surface area contributed by atoms with E-state index in [9.17, 15) is 102 Å². The lowest BCUT2D eigenvalue weighted by molar-refractivity contribution is -0.364. The maximum atomic E-state index is 15.7. The van der Waals surface area contributed by atoms with E-state index in [0.29, 0.717) is 44.9 Å². The van der Waals surface area contributed by atoms with Gasteiger partial charge >= 0.3 is 5.97 Å². The number of aliphatic hydroxyl groups is 19. The fourth-order valence-electron chi connectivity index (χ4n) is 20.2. The van der Waals surface area contributed by atoms with Crippen molar-refractivity contribution in [2.45, 2.75) is 303 Å². The minimum Gasteiger partial charge on any atom is -0.432 e. The third-order valence-electron chi connectivity index (χ3n) is 26.8. The number of aliphatic hydroxyl groups excluding tert-OH is 17. The maximum absolute atomic E-state index is 15.7. The number of allylic oxidation sites excluding steroid dienone is 2. The molecule has 608 valence electrons. The molecule has 7 saturated heterocycles. The molecule has 0 spiro atoms. The van der Waals surface area contributed by atoms with E-state index >= 15 is 4.79 Å². The van der Waals surface area contributed by atoms with Crippen LogP contribution in [-0.4, -0.2) is 358 Å². The van der Waals surface area contributed by atoms with Crippen molar-refractivity contribution in [2.75, 3.05) is 59.5 Å². The largest absolute Gasteiger partial charge is 0.432 e. The second-order valence-corrected chi connectivity index (χ2v) is 34.1. The number of carbonyl (C=O) groups is 2. The number of carbonyl (C=O) groups excluding carboxylic acids is 2. The van der Waals surface area contributed by atoms with Gasteiger partial charge in [0.25, 0.3) is 0 Å². The van der Waals surface area contributed by atoms with Gasteiger partial charge in [-0.3, -0.25) is 9.59 Å². The number of fused-ring (bicyclic) bond motifs is 7. The summed E-state index contributed by atoms with van der Waals surface area (Å²) in [6.07, 6.45) is -40.7. The molecule has 0 bridgehead atoms. The molecule has 0 aromatic rings. The molecule has 4 saturated carbocycles. The average molecular weight is 1530 g/mol. The molecule has 38 atom stereocenters. The Hall–Kier alpha value is -2.60. The summed E-state index contributed by atoms with van der Waals surface area (Å²) >= 11 is 0. The number of amides is 1.